The Hall–Kier alpha value is -1.52. The number of nitrogens with one attached hydrogen (secondary N) is 1. The maximum Gasteiger partial charge on any atom is 0.0917 e. The Morgan fingerprint density at radius 2 is 2.04 bits per heavy atom. The summed E-state index contributed by atoms with van der Waals surface area (Å²) in [5.74, 6) is 0. The fraction of sp³-hybridized carbons (Fsp3) is 0.300. The zero-order valence-electron chi connectivity index (χ0n) is 14.0. The van der Waals surface area contributed by atoms with Crippen LogP contribution in [0.4, 0.5) is 0 Å². The number of benzene rings is 2. The minimum Gasteiger partial charge on any atom is -0.387 e. The molecule has 0 fully saturated rings. The van der Waals surface area contributed by atoms with Crippen LogP contribution in [-0.2, 0) is 13.0 Å². The molecule has 4 rings (SSSR count). The number of nitrogens with zero attached hydrogens (tertiary/aromatic N) is 1. The smallest absolute Gasteiger partial charge is 0.0917 e. The molecule has 0 spiro atoms. The van der Waals surface area contributed by atoms with Crippen LogP contribution in [0.5, 0.6) is 0 Å². The molecule has 2 heterocycles. The van der Waals surface area contributed by atoms with Crippen LogP contribution >= 0.6 is 23.2 Å². The zero-order valence-corrected chi connectivity index (χ0v) is 15.5. The lowest BCUT2D eigenvalue weighted by Gasteiger charge is -2.29. The van der Waals surface area contributed by atoms with Crippen molar-refractivity contribution in [2.45, 2.75) is 26.0 Å². The molecule has 130 valence electrons. The van der Waals surface area contributed by atoms with E-state index in [1.54, 1.807) is 0 Å². The normalized spacial score (nSPS) is 16.2. The molecule has 3 nitrogen and oxygen atoms in total. The van der Waals surface area contributed by atoms with Gasteiger partial charge in [-0.05, 0) is 54.3 Å². The molecule has 3 aromatic rings. The van der Waals surface area contributed by atoms with Gasteiger partial charge in [-0.25, -0.2) is 0 Å². The van der Waals surface area contributed by atoms with Crippen LogP contribution in [0.15, 0.2) is 36.4 Å². The van der Waals surface area contributed by atoms with E-state index in [-0.39, 0.29) is 0 Å². The summed E-state index contributed by atoms with van der Waals surface area (Å²) in [6.45, 7) is 4.40. The minimum absolute atomic E-state index is 0.541. The molecular formula is C20H20Cl2N2O. The number of fused-ring (bicyclic) bond motifs is 3. The second-order valence-corrected chi connectivity index (χ2v) is 7.66. The summed E-state index contributed by atoms with van der Waals surface area (Å²) in [7, 11) is 0. The van der Waals surface area contributed by atoms with Crippen molar-refractivity contribution >= 4 is 34.1 Å². The summed E-state index contributed by atoms with van der Waals surface area (Å²) in [6, 6.07) is 11.5. The second-order valence-electron chi connectivity index (χ2n) is 6.78. The Morgan fingerprint density at radius 1 is 1.20 bits per heavy atom. The molecule has 0 amide bonds. The van der Waals surface area contributed by atoms with Gasteiger partial charge in [0.2, 0.25) is 0 Å². The average molecular weight is 375 g/mol. The third-order valence-corrected chi connectivity index (χ3v) is 5.44. The quantitative estimate of drug-likeness (QED) is 0.685. The average Bonchev–Trinajstić information content (AvgIpc) is 2.93. The molecule has 2 N–H and O–H groups in total. The van der Waals surface area contributed by atoms with Gasteiger partial charge in [-0.3, -0.25) is 4.90 Å². The van der Waals surface area contributed by atoms with Crippen molar-refractivity contribution in [3.8, 4) is 0 Å². The number of aromatic amines is 1. The molecule has 1 atom stereocenters. The number of halogens is 2. The lowest BCUT2D eigenvalue weighted by Crippen LogP contribution is -2.33. The summed E-state index contributed by atoms with van der Waals surface area (Å²) in [6.07, 6.45) is 0.415. The van der Waals surface area contributed by atoms with Crippen LogP contribution in [-0.4, -0.2) is 28.1 Å². The molecule has 5 heteroatoms. The van der Waals surface area contributed by atoms with Crippen LogP contribution < -0.4 is 0 Å². The summed E-state index contributed by atoms with van der Waals surface area (Å²) in [5.41, 5.74) is 5.78. The monoisotopic (exact) mass is 374 g/mol. The fourth-order valence-electron chi connectivity index (χ4n) is 3.75. The first-order valence-electron chi connectivity index (χ1n) is 8.46. The molecule has 0 radical (unpaired) electrons. The predicted molar refractivity (Wildman–Crippen MR) is 103 cm³/mol. The van der Waals surface area contributed by atoms with Gasteiger partial charge in [0.1, 0.15) is 0 Å². The SMILES string of the molecule is Cc1cc(Cl)cc2c3c([nH]c12)CN(CC(O)c1cccc(Cl)c1)CC3. The van der Waals surface area contributed by atoms with Gasteiger partial charge in [-0.2, -0.15) is 0 Å². The molecule has 25 heavy (non-hydrogen) atoms. The molecule has 1 unspecified atom stereocenters. The molecule has 0 bridgehead atoms. The third-order valence-electron chi connectivity index (χ3n) is 4.99. The van der Waals surface area contributed by atoms with Crippen molar-refractivity contribution in [2.24, 2.45) is 0 Å². The van der Waals surface area contributed by atoms with Crippen LogP contribution in [0.25, 0.3) is 10.9 Å². The summed E-state index contributed by atoms with van der Waals surface area (Å²) in [4.78, 5) is 5.84. The first kappa shape index (κ1) is 16.9. The van der Waals surface area contributed by atoms with Gasteiger partial charge in [0.15, 0.2) is 0 Å². The van der Waals surface area contributed by atoms with Crippen molar-refractivity contribution in [2.75, 3.05) is 13.1 Å². The molecule has 0 saturated heterocycles. The molecule has 0 saturated carbocycles. The maximum atomic E-state index is 10.5. The minimum atomic E-state index is -0.541. The van der Waals surface area contributed by atoms with Crippen LogP contribution in [0.2, 0.25) is 10.0 Å². The highest BCUT2D eigenvalue weighted by Crippen LogP contribution is 2.32. The van der Waals surface area contributed by atoms with Gasteiger partial charge in [0.05, 0.1) is 6.10 Å². The molecule has 1 aromatic heterocycles. The number of β-amino-alcohol motifs (C(OH)–C–C–N with tert-alkyl or cyclic N) is 1. The highest BCUT2D eigenvalue weighted by molar-refractivity contribution is 6.31. The van der Waals surface area contributed by atoms with E-state index in [1.165, 1.54) is 27.7 Å². The van der Waals surface area contributed by atoms with Gasteiger partial charge in [0, 0.05) is 46.3 Å². The van der Waals surface area contributed by atoms with E-state index in [9.17, 15) is 5.11 Å². The molecule has 1 aliphatic rings. The molecule has 0 aliphatic carbocycles. The second kappa shape index (κ2) is 6.65. The van der Waals surface area contributed by atoms with Crippen molar-refractivity contribution in [3.63, 3.8) is 0 Å². The van der Waals surface area contributed by atoms with E-state index >= 15 is 0 Å². The lowest BCUT2D eigenvalue weighted by molar-refractivity contribution is 0.105. The Labute approximate surface area is 157 Å². The summed E-state index contributed by atoms with van der Waals surface area (Å²) in [5, 5.41) is 13.2. The Bertz CT molecular complexity index is 935. The topological polar surface area (TPSA) is 39.3 Å². The Kier molecular flexibility index (Phi) is 4.50. The van der Waals surface area contributed by atoms with Gasteiger partial charge in [0.25, 0.3) is 0 Å². The first-order chi connectivity index (χ1) is 12.0. The summed E-state index contributed by atoms with van der Waals surface area (Å²) < 4.78 is 0. The van der Waals surface area contributed by atoms with E-state index < -0.39 is 6.10 Å². The number of H-pyrrole nitrogens is 1. The Balaban J connectivity index is 1.56. The number of aliphatic hydroxyl groups excluding tert-OH is 1. The number of hydrogen-bond acceptors (Lipinski definition) is 2. The fourth-order valence-corrected chi connectivity index (χ4v) is 4.22. The number of aliphatic hydroxyl groups is 1. The Morgan fingerprint density at radius 3 is 2.84 bits per heavy atom. The van der Waals surface area contributed by atoms with Crippen molar-refractivity contribution in [1.29, 1.82) is 0 Å². The number of hydrogen-bond donors (Lipinski definition) is 2. The molecule has 2 aromatic carbocycles. The van der Waals surface area contributed by atoms with Crippen LogP contribution in [0.1, 0.15) is 28.5 Å². The first-order valence-corrected chi connectivity index (χ1v) is 9.22. The summed E-state index contributed by atoms with van der Waals surface area (Å²) >= 11 is 12.3. The van der Waals surface area contributed by atoms with E-state index in [0.29, 0.717) is 11.6 Å². The van der Waals surface area contributed by atoms with Gasteiger partial charge in [-0.1, -0.05) is 35.3 Å². The molecule has 1 aliphatic heterocycles. The van der Waals surface area contributed by atoms with Crippen LogP contribution in [0, 0.1) is 6.92 Å². The lowest BCUT2D eigenvalue weighted by atomic mass is 10.0. The van der Waals surface area contributed by atoms with E-state index in [1.807, 2.05) is 30.3 Å². The van der Waals surface area contributed by atoms with Crippen molar-refractivity contribution in [3.05, 3.63) is 68.8 Å². The maximum absolute atomic E-state index is 10.5. The zero-order chi connectivity index (χ0) is 17.6. The van der Waals surface area contributed by atoms with Crippen molar-refractivity contribution in [1.82, 2.24) is 9.88 Å². The number of rotatable bonds is 3. The predicted octanol–water partition coefficient (Wildman–Crippen LogP) is 4.87. The van der Waals surface area contributed by atoms with E-state index in [4.69, 9.17) is 23.2 Å². The molecular weight excluding hydrogens is 355 g/mol. The van der Waals surface area contributed by atoms with E-state index in [2.05, 4.69) is 22.9 Å². The van der Waals surface area contributed by atoms with Gasteiger partial charge in [-0.15, -0.1) is 0 Å². The van der Waals surface area contributed by atoms with Gasteiger partial charge >= 0.3 is 0 Å². The van der Waals surface area contributed by atoms with E-state index in [0.717, 1.165) is 30.1 Å². The standard InChI is InChI=1S/C20H20Cl2N2O/c1-12-7-15(22)9-17-16-5-6-24(10-18(16)23-20(12)17)11-19(25)13-3-2-4-14(21)8-13/h2-4,7-9,19,23,25H,5-6,10-11H2,1H3. The van der Waals surface area contributed by atoms with Gasteiger partial charge < -0.3 is 10.1 Å². The highest BCUT2D eigenvalue weighted by atomic mass is 35.5. The van der Waals surface area contributed by atoms with Crippen LogP contribution in [0.3, 0.4) is 0 Å². The number of aromatic nitrogens is 1. The highest BCUT2D eigenvalue weighted by Gasteiger charge is 2.23. The largest absolute Gasteiger partial charge is 0.387 e. The third kappa shape index (κ3) is 3.30. The van der Waals surface area contributed by atoms with Crippen molar-refractivity contribution < 1.29 is 5.11 Å². The number of aryl methyl sites for hydroxylation is 1.